The van der Waals surface area contributed by atoms with Crippen molar-refractivity contribution in [3.8, 4) is 17.1 Å². The molecule has 0 spiro atoms. The number of urea groups is 1. The van der Waals surface area contributed by atoms with Crippen molar-refractivity contribution in [1.29, 1.82) is 0 Å². The first-order valence-corrected chi connectivity index (χ1v) is 8.20. The number of carbonyl (C=O) groups excluding carboxylic acids is 1. The van der Waals surface area contributed by atoms with E-state index in [1.54, 1.807) is 0 Å². The molecule has 10 heteroatoms. The molecule has 0 unspecified atom stereocenters. The van der Waals surface area contributed by atoms with E-state index in [0.29, 0.717) is 5.56 Å². The van der Waals surface area contributed by atoms with Crippen LogP contribution >= 0.6 is 0 Å². The average molecular weight is 406 g/mol. The molecule has 0 saturated heterocycles. The highest BCUT2D eigenvalue weighted by atomic mass is 19.4. The number of primary amides is 1. The molecule has 0 bridgehead atoms. The van der Waals surface area contributed by atoms with Gasteiger partial charge in [-0.1, -0.05) is 12.1 Å². The van der Waals surface area contributed by atoms with Gasteiger partial charge in [0.05, 0.1) is 11.3 Å². The smallest absolute Gasteiger partial charge is 0.416 e. The summed E-state index contributed by atoms with van der Waals surface area (Å²) < 4.78 is 58.1. The van der Waals surface area contributed by atoms with E-state index < -0.39 is 23.6 Å². The number of rotatable bonds is 5. The van der Waals surface area contributed by atoms with E-state index in [9.17, 15) is 22.4 Å². The predicted molar refractivity (Wildman–Crippen MR) is 96.4 cm³/mol. The maximum atomic E-state index is 13.2. The number of carbonyl (C=O) groups is 1. The summed E-state index contributed by atoms with van der Waals surface area (Å²) in [5.41, 5.74) is 4.70. The molecule has 2 aromatic carbocycles. The zero-order valence-corrected chi connectivity index (χ0v) is 14.7. The van der Waals surface area contributed by atoms with Crippen molar-refractivity contribution in [2.45, 2.75) is 12.8 Å². The highest BCUT2D eigenvalue weighted by Crippen LogP contribution is 2.38. The molecule has 1 heterocycles. The first kappa shape index (κ1) is 20.1. The molecule has 6 nitrogen and oxygen atoms in total. The Balaban J connectivity index is 2.00. The van der Waals surface area contributed by atoms with Crippen molar-refractivity contribution in [2.24, 2.45) is 5.73 Å². The molecule has 29 heavy (non-hydrogen) atoms. The lowest BCUT2D eigenvalue weighted by Crippen LogP contribution is -2.20. The molecular weight excluding hydrogens is 392 g/mol. The van der Waals surface area contributed by atoms with Gasteiger partial charge in [0, 0.05) is 18.0 Å². The molecule has 3 aromatic rings. The Morgan fingerprint density at radius 1 is 1.07 bits per heavy atom. The Labute approximate surface area is 162 Å². The summed E-state index contributed by atoms with van der Waals surface area (Å²) in [4.78, 5) is 19.3. The van der Waals surface area contributed by atoms with E-state index in [1.165, 1.54) is 36.7 Å². The van der Waals surface area contributed by atoms with Gasteiger partial charge in [-0.25, -0.2) is 19.2 Å². The zero-order chi connectivity index (χ0) is 21.0. The summed E-state index contributed by atoms with van der Waals surface area (Å²) in [6.07, 6.45) is -2.04. The van der Waals surface area contributed by atoms with Gasteiger partial charge in [-0.2, -0.15) is 13.2 Å². The lowest BCUT2D eigenvalue weighted by Gasteiger charge is -2.15. The van der Waals surface area contributed by atoms with Gasteiger partial charge in [-0.3, -0.25) is 0 Å². The van der Waals surface area contributed by atoms with Crippen molar-refractivity contribution in [1.82, 2.24) is 9.97 Å². The number of hydrogen-bond donors (Lipinski definition) is 2. The number of aromatic nitrogens is 2. The molecule has 3 rings (SSSR count). The number of benzene rings is 2. The second-order valence-corrected chi connectivity index (χ2v) is 5.87. The van der Waals surface area contributed by atoms with E-state index in [2.05, 4.69) is 15.3 Å². The third-order valence-corrected chi connectivity index (χ3v) is 3.81. The summed E-state index contributed by atoms with van der Waals surface area (Å²) in [5, 5.41) is 2.26. The summed E-state index contributed by atoms with van der Waals surface area (Å²) >= 11 is 0. The van der Waals surface area contributed by atoms with Crippen molar-refractivity contribution in [2.75, 3.05) is 5.32 Å². The minimum atomic E-state index is -4.61. The van der Waals surface area contributed by atoms with Crippen LogP contribution in [0.25, 0.3) is 11.3 Å². The second kappa shape index (κ2) is 8.13. The van der Waals surface area contributed by atoms with Crippen LogP contribution in [0.4, 0.5) is 28.0 Å². The minimum absolute atomic E-state index is 0.0117. The van der Waals surface area contributed by atoms with Crippen LogP contribution in [0.15, 0.2) is 54.9 Å². The number of nitrogens with two attached hydrogens (primary N) is 1. The fourth-order valence-corrected chi connectivity index (χ4v) is 2.51. The summed E-state index contributed by atoms with van der Waals surface area (Å²) in [7, 11) is 0. The van der Waals surface area contributed by atoms with Crippen LogP contribution in [-0.4, -0.2) is 16.0 Å². The molecule has 0 aliphatic rings. The Morgan fingerprint density at radius 3 is 2.41 bits per heavy atom. The van der Waals surface area contributed by atoms with Gasteiger partial charge >= 0.3 is 12.2 Å². The van der Waals surface area contributed by atoms with Gasteiger partial charge in [-0.15, -0.1) is 0 Å². The van der Waals surface area contributed by atoms with Gasteiger partial charge in [0.25, 0.3) is 0 Å². The van der Waals surface area contributed by atoms with Crippen molar-refractivity contribution in [3.05, 3.63) is 71.8 Å². The lowest BCUT2D eigenvalue weighted by atomic mass is 10.0. The number of amides is 2. The van der Waals surface area contributed by atoms with Crippen LogP contribution in [0.1, 0.15) is 11.1 Å². The third-order valence-electron chi connectivity index (χ3n) is 3.81. The van der Waals surface area contributed by atoms with Crippen LogP contribution in [0.2, 0.25) is 0 Å². The Hall–Kier alpha value is -3.69. The average Bonchev–Trinajstić information content (AvgIpc) is 2.67. The first-order chi connectivity index (χ1) is 13.7. The van der Waals surface area contributed by atoms with E-state index in [-0.39, 0.29) is 29.4 Å². The Morgan fingerprint density at radius 2 is 1.76 bits per heavy atom. The Kier molecular flexibility index (Phi) is 5.62. The van der Waals surface area contributed by atoms with Gasteiger partial charge < -0.3 is 15.8 Å². The third kappa shape index (κ3) is 4.98. The maximum absolute atomic E-state index is 13.2. The number of halogens is 4. The van der Waals surface area contributed by atoms with Crippen LogP contribution in [-0.2, 0) is 12.8 Å². The van der Waals surface area contributed by atoms with Crippen LogP contribution in [0.3, 0.4) is 0 Å². The molecule has 0 radical (unpaired) electrons. The Bertz CT molecular complexity index is 1020. The molecule has 0 fully saturated rings. The second-order valence-electron chi connectivity index (χ2n) is 5.87. The molecule has 0 atom stereocenters. The highest BCUT2D eigenvalue weighted by Gasteiger charge is 2.32. The largest absolute Gasteiger partial charge is 0.471 e. The van der Waals surface area contributed by atoms with E-state index in [1.807, 2.05) is 0 Å². The fourth-order valence-electron chi connectivity index (χ4n) is 2.51. The zero-order valence-electron chi connectivity index (χ0n) is 14.7. The number of nitrogens with zero attached hydrogens (tertiary/aromatic N) is 2. The number of alkyl halides is 3. The number of nitrogens with one attached hydrogen (secondary N) is 1. The first-order valence-electron chi connectivity index (χ1n) is 8.20. The molecule has 0 aliphatic carbocycles. The standard InChI is InChI=1S/C19H14F4N4O2/c20-13-4-1-11(2-5-13)10-29-17-16(25-7-8-26-17)14-9-12(19(21,22)23)3-6-15(14)27-18(24)28/h1-9H,10H2,(H3,24,27,28). The summed E-state index contributed by atoms with van der Waals surface area (Å²) in [6.45, 7) is -0.0243. The fraction of sp³-hybridized carbons (Fsp3) is 0.105. The molecule has 150 valence electrons. The maximum Gasteiger partial charge on any atom is 0.416 e. The van der Waals surface area contributed by atoms with Gasteiger partial charge in [0.15, 0.2) is 0 Å². The normalized spacial score (nSPS) is 11.2. The monoisotopic (exact) mass is 406 g/mol. The van der Waals surface area contributed by atoms with E-state index >= 15 is 0 Å². The highest BCUT2D eigenvalue weighted by molar-refractivity contribution is 5.93. The predicted octanol–water partition coefficient (Wildman–Crippen LogP) is 4.37. The van der Waals surface area contributed by atoms with Gasteiger partial charge in [0.1, 0.15) is 18.1 Å². The van der Waals surface area contributed by atoms with E-state index in [4.69, 9.17) is 10.5 Å². The SMILES string of the molecule is NC(=O)Nc1ccc(C(F)(F)F)cc1-c1nccnc1OCc1ccc(F)cc1. The van der Waals surface area contributed by atoms with Crippen LogP contribution < -0.4 is 15.8 Å². The van der Waals surface area contributed by atoms with Gasteiger partial charge in [0.2, 0.25) is 5.88 Å². The molecule has 0 saturated carbocycles. The van der Waals surface area contributed by atoms with Crippen molar-refractivity contribution >= 4 is 11.7 Å². The molecule has 3 N–H and O–H groups in total. The molecular formula is C19H14F4N4O2. The topological polar surface area (TPSA) is 90.1 Å². The van der Waals surface area contributed by atoms with Crippen LogP contribution in [0.5, 0.6) is 5.88 Å². The molecule has 2 amide bonds. The minimum Gasteiger partial charge on any atom is -0.471 e. The van der Waals surface area contributed by atoms with E-state index in [0.717, 1.165) is 18.2 Å². The number of hydrogen-bond acceptors (Lipinski definition) is 4. The number of ether oxygens (including phenoxy) is 1. The summed E-state index contributed by atoms with van der Waals surface area (Å²) in [6, 6.07) is 7.23. The van der Waals surface area contributed by atoms with Crippen LogP contribution in [0, 0.1) is 5.82 Å². The van der Waals surface area contributed by atoms with Crippen molar-refractivity contribution < 1.29 is 27.1 Å². The quantitative estimate of drug-likeness (QED) is 0.616. The molecule has 1 aromatic heterocycles. The number of anilines is 1. The van der Waals surface area contributed by atoms with Gasteiger partial charge in [-0.05, 0) is 35.9 Å². The van der Waals surface area contributed by atoms with Crippen molar-refractivity contribution in [3.63, 3.8) is 0 Å². The lowest BCUT2D eigenvalue weighted by molar-refractivity contribution is -0.137. The molecule has 0 aliphatic heterocycles. The summed E-state index contributed by atoms with van der Waals surface area (Å²) in [5.74, 6) is -0.483.